The van der Waals surface area contributed by atoms with Crippen LogP contribution in [0.3, 0.4) is 0 Å². The van der Waals surface area contributed by atoms with E-state index in [1.54, 1.807) is 0 Å². The summed E-state index contributed by atoms with van der Waals surface area (Å²) in [5.74, 6) is 1.48. The van der Waals surface area contributed by atoms with Crippen LogP contribution in [0.25, 0.3) is 0 Å². The first-order chi connectivity index (χ1) is 8.62. The summed E-state index contributed by atoms with van der Waals surface area (Å²) in [6, 6.07) is 2.09. The molecule has 1 aromatic carbocycles. The minimum Gasteiger partial charge on any atom is -0.486 e. The topological polar surface area (TPSA) is 30.5 Å². The molecule has 1 N–H and O–H groups in total. The van der Waals surface area contributed by atoms with E-state index in [1.165, 1.54) is 12.0 Å². The van der Waals surface area contributed by atoms with Gasteiger partial charge in [-0.3, -0.25) is 0 Å². The Kier molecular flexibility index (Phi) is 2.91. The second-order valence-corrected chi connectivity index (χ2v) is 5.63. The first kappa shape index (κ1) is 12.1. The number of fused-ring (bicyclic) bond motifs is 1. The van der Waals surface area contributed by atoms with Crippen LogP contribution in [0.1, 0.15) is 30.9 Å². The third-order valence-electron chi connectivity index (χ3n) is 3.98. The fourth-order valence-electron chi connectivity index (χ4n) is 2.94. The van der Waals surface area contributed by atoms with E-state index in [9.17, 15) is 0 Å². The van der Waals surface area contributed by atoms with Gasteiger partial charge in [0.1, 0.15) is 13.2 Å². The fourth-order valence-corrected chi connectivity index (χ4v) is 3.19. The summed E-state index contributed by atoms with van der Waals surface area (Å²) in [7, 11) is 0. The molecule has 18 heavy (non-hydrogen) atoms. The van der Waals surface area contributed by atoms with Crippen molar-refractivity contribution >= 4 is 11.6 Å². The van der Waals surface area contributed by atoms with Gasteiger partial charge in [0, 0.05) is 5.54 Å². The maximum absolute atomic E-state index is 6.42. The third kappa shape index (κ3) is 1.77. The normalized spacial score (nSPS) is 26.4. The second kappa shape index (κ2) is 4.32. The quantitative estimate of drug-likeness (QED) is 0.848. The molecule has 0 amide bonds. The van der Waals surface area contributed by atoms with Crippen molar-refractivity contribution in [3.05, 3.63) is 22.2 Å². The smallest absolute Gasteiger partial charge is 0.180 e. The Morgan fingerprint density at radius 2 is 2.11 bits per heavy atom. The molecule has 0 spiro atoms. The maximum atomic E-state index is 6.42. The van der Waals surface area contributed by atoms with E-state index in [0.717, 1.165) is 24.3 Å². The minimum atomic E-state index is 0.00353. The summed E-state index contributed by atoms with van der Waals surface area (Å²) in [6.45, 7) is 6.51. The average molecular weight is 268 g/mol. The van der Waals surface area contributed by atoms with Gasteiger partial charge >= 0.3 is 0 Å². The molecule has 98 valence electrons. The van der Waals surface area contributed by atoms with Crippen LogP contribution in [0.4, 0.5) is 0 Å². The summed E-state index contributed by atoms with van der Waals surface area (Å²) < 4.78 is 11.3. The van der Waals surface area contributed by atoms with E-state index < -0.39 is 0 Å². The molecule has 1 aromatic rings. The summed E-state index contributed by atoms with van der Waals surface area (Å²) in [5, 5.41) is 4.26. The summed E-state index contributed by atoms with van der Waals surface area (Å²) >= 11 is 6.42. The summed E-state index contributed by atoms with van der Waals surface area (Å²) in [4.78, 5) is 0. The first-order valence-corrected chi connectivity index (χ1v) is 6.84. The van der Waals surface area contributed by atoms with Gasteiger partial charge in [0.25, 0.3) is 0 Å². The van der Waals surface area contributed by atoms with Gasteiger partial charge in [0.05, 0.1) is 5.02 Å². The molecule has 0 saturated carbocycles. The predicted octanol–water partition coefficient (Wildman–Crippen LogP) is 3.02. The largest absolute Gasteiger partial charge is 0.486 e. The van der Waals surface area contributed by atoms with Crippen molar-refractivity contribution in [1.29, 1.82) is 0 Å². The lowest BCUT2D eigenvalue weighted by atomic mass is 9.87. The Morgan fingerprint density at radius 3 is 2.83 bits per heavy atom. The van der Waals surface area contributed by atoms with Crippen molar-refractivity contribution in [3.63, 3.8) is 0 Å². The molecule has 3 nitrogen and oxygen atoms in total. The van der Waals surface area contributed by atoms with E-state index >= 15 is 0 Å². The SMILES string of the molecule is Cc1c(C2(C)CCCN2)cc2c(c1Cl)OCCO2. The minimum absolute atomic E-state index is 0.00353. The highest BCUT2D eigenvalue weighted by Crippen LogP contribution is 2.45. The lowest BCUT2D eigenvalue weighted by Crippen LogP contribution is -2.34. The predicted molar refractivity (Wildman–Crippen MR) is 71.8 cm³/mol. The van der Waals surface area contributed by atoms with Crippen LogP contribution >= 0.6 is 11.6 Å². The molecule has 2 heterocycles. The van der Waals surface area contributed by atoms with E-state index in [4.69, 9.17) is 21.1 Å². The number of benzene rings is 1. The van der Waals surface area contributed by atoms with E-state index in [0.29, 0.717) is 24.0 Å². The number of halogens is 1. The molecule has 0 aliphatic carbocycles. The van der Waals surface area contributed by atoms with Crippen LogP contribution in [-0.2, 0) is 5.54 Å². The summed E-state index contributed by atoms with van der Waals surface area (Å²) in [5.41, 5.74) is 2.33. The Balaban J connectivity index is 2.13. The number of nitrogens with one attached hydrogen (secondary N) is 1. The zero-order chi connectivity index (χ0) is 12.8. The fraction of sp³-hybridized carbons (Fsp3) is 0.571. The van der Waals surface area contributed by atoms with E-state index in [1.807, 2.05) is 0 Å². The molecule has 1 atom stereocenters. The van der Waals surface area contributed by atoms with Gasteiger partial charge in [-0.05, 0) is 50.4 Å². The molecule has 2 aliphatic rings. The average Bonchev–Trinajstić information content (AvgIpc) is 2.82. The highest BCUT2D eigenvalue weighted by molar-refractivity contribution is 6.33. The number of hydrogen-bond acceptors (Lipinski definition) is 3. The molecule has 0 bridgehead atoms. The molecule has 1 fully saturated rings. The van der Waals surface area contributed by atoms with Crippen LogP contribution in [0.2, 0.25) is 5.02 Å². The molecular formula is C14H18ClNO2. The van der Waals surface area contributed by atoms with Gasteiger partial charge in [-0.1, -0.05) is 11.6 Å². The van der Waals surface area contributed by atoms with E-state index in [-0.39, 0.29) is 5.54 Å². The van der Waals surface area contributed by atoms with Gasteiger partial charge in [-0.15, -0.1) is 0 Å². The Morgan fingerprint density at radius 1 is 1.33 bits per heavy atom. The monoisotopic (exact) mass is 267 g/mol. The van der Waals surface area contributed by atoms with Gasteiger partial charge in [0.15, 0.2) is 11.5 Å². The lowest BCUT2D eigenvalue weighted by Gasteiger charge is -2.30. The number of hydrogen-bond donors (Lipinski definition) is 1. The van der Waals surface area contributed by atoms with Crippen molar-refractivity contribution in [1.82, 2.24) is 5.32 Å². The highest BCUT2D eigenvalue weighted by Gasteiger charge is 2.34. The van der Waals surface area contributed by atoms with E-state index in [2.05, 4.69) is 25.2 Å². The van der Waals surface area contributed by atoms with Crippen molar-refractivity contribution in [2.75, 3.05) is 19.8 Å². The molecular weight excluding hydrogens is 250 g/mol. The molecule has 1 unspecified atom stereocenters. The molecule has 3 rings (SSSR count). The van der Waals surface area contributed by atoms with Gasteiger partial charge in [-0.25, -0.2) is 0 Å². The second-order valence-electron chi connectivity index (χ2n) is 5.25. The summed E-state index contributed by atoms with van der Waals surface area (Å²) in [6.07, 6.45) is 2.33. The standard InChI is InChI=1S/C14H18ClNO2/c1-9-10(14(2)4-3-5-16-14)8-11-13(12(9)15)18-7-6-17-11/h8,16H,3-7H2,1-2H3. The van der Waals surface area contributed by atoms with Gasteiger partial charge < -0.3 is 14.8 Å². The van der Waals surface area contributed by atoms with Crippen LogP contribution in [-0.4, -0.2) is 19.8 Å². The molecule has 2 aliphatic heterocycles. The van der Waals surface area contributed by atoms with Crippen LogP contribution < -0.4 is 14.8 Å². The lowest BCUT2D eigenvalue weighted by molar-refractivity contribution is 0.171. The first-order valence-electron chi connectivity index (χ1n) is 6.46. The molecule has 0 radical (unpaired) electrons. The molecule has 0 aromatic heterocycles. The van der Waals surface area contributed by atoms with Gasteiger partial charge in [0.2, 0.25) is 0 Å². The van der Waals surface area contributed by atoms with Crippen LogP contribution in [0.5, 0.6) is 11.5 Å². The Bertz CT molecular complexity index is 481. The van der Waals surface area contributed by atoms with Crippen LogP contribution in [0.15, 0.2) is 6.07 Å². The molecule has 1 saturated heterocycles. The van der Waals surface area contributed by atoms with Crippen molar-refractivity contribution in [2.24, 2.45) is 0 Å². The Labute approximate surface area is 112 Å². The Hall–Kier alpha value is -0.930. The zero-order valence-corrected chi connectivity index (χ0v) is 11.6. The highest BCUT2D eigenvalue weighted by atomic mass is 35.5. The van der Waals surface area contributed by atoms with Crippen molar-refractivity contribution < 1.29 is 9.47 Å². The third-order valence-corrected chi connectivity index (χ3v) is 4.44. The zero-order valence-electron chi connectivity index (χ0n) is 10.8. The van der Waals surface area contributed by atoms with Crippen molar-refractivity contribution in [3.8, 4) is 11.5 Å². The number of ether oxygens (including phenoxy) is 2. The maximum Gasteiger partial charge on any atom is 0.180 e. The van der Waals surface area contributed by atoms with Gasteiger partial charge in [-0.2, -0.15) is 0 Å². The van der Waals surface area contributed by atoms with Crippen molar-refractivity contribution in [2.45, 2.75) is 32.2 Å². The number of rotatable bonds is 1. The van der Waals surface area contributed by atoms with Crippen LogP contribution in [0, 0.1) is 6.92 Å². The molecule has 4 heteroatoms.